The molecule has 0 spiro atoms. The van der Waals surface area contributed by atoms with Gasteiger partial charge in [0.2, 0.25) is 0 Å². The Hall–Kier alpha value is -0.965. The molecule has 0 bridgehead atoms. The molecule has 0 saturated carbocycles. The molecular formula is C27H36Li2N2. The molecule has 0 saturated heterocycles. The van der Waals surface area contributed by atoms with Crippen LogP contribution < -0.4 is 37.7 Å². The van der Waals surface area contributed by atoms with Gasteiger partial charge in [-0.3, -0.25) is 0 Å². The van der Waals surface area contributed by atoms with Crippen LogP contribution >= 0.6 is 0 Å². The zero-order chi connectivity index (χ0) is 21.1. The molecule has 156 valence electrons. The smallest absolute Gasteiger partial charge is 0.654 e. The van der Waals surface area contributed by atoms with Gasteiger partial charge in [-0.15, -0.1) is 31.3 Å². The molecule has 0 amide bonds. The Morgan fingerprint density at radius 1 is 0.774 bits per heavy atom. The molecule has 2 aromatic carbocycles. The van der Waals surface area contributed by atoms with Crippen LogP contribution in [-0.4, -0.2) is 12.1 Å². The van der Waals surface area contributed by atoms with Gasteiger partial charge < -0.3 is 10.6 Å². The molecule has 0 aliphatic heterocycles. The van der Waals surface area contributed by atoms with E-state index in [4.69, 9.17) is 10.6 Å². The van der Waals surface area contributed by atoms with Gasteiger partial charge in [0.1, 0.15) is 0 Å². The molecule has 0 fully saturated rings. The van der Waals surface area contributed by atoms with E-state index in [1.807, 2.05) is 18.2 Å². The summed E-state index contributed by atoms with van der Waals surface area (Å²) in [6.45, 7) is 14.7. The van der Waals surface area contributed by atoms with Crippen molar-refractivity contribution in [2.45, 2.75) is 64.2 Å². The molecule has 0 heterocycles. The fourth-order valence-corrected chi connectivity index (χ4v) is 3.76. The van der Waals surface area contributed by atoms with Gasteiger partial charge in [-0.25, -0.2) is 0 Å². The Kier molecular flexibility index (Phi) is 16.1. The third-order valence-corrected chi connectivity index (χ3v) is 5.56. The van der Waals surface area contributed by atoms with Gasteiger partial charge in [0.15, 0.2) is 0 Å². The van der Waals surface area contributed by atoms with E-state index < -0.39 is 0 Å². The fraction of sp³-hybridized carbons (Fsp3) is 0.407. The average molecular weight is 402 g/mol. The van der Waals surface area contributed by atoms with Crippen molar-refractivity contribution in [2.24, 2.45) is 5.92 Å². The summed E-state index contributed by atoms with van der Waals surface area (Å²) in [5.41, 5.74) is 2.48. The predicted molar refractivity (Wildman–Crippen MR) is 127 cm³/mol. The van der Waals surface area contributed by atoms with Crippen LogP contribution in [0, 0.1) is 5.92 Å². The minimum Gasteiger partial charge on any atom is -0.654 e. The Bertz CT molecular complexity index is 713. The Morgan fingerprint density at radius 3 is 1.65 bits per heavy atom. The van der Waals surface area contributed by atoms with Crippen LogP contribution in [-0.2, 0) is 0 Å². The second-order valence-corrected chi connectivity index (χ2v) is 7.72. The monoisotopic (exact) mass is 402 g/mol. The van der Waals surface area contributed by atoms with Gasteiger partial charge in [-0.05, 0) is 5.92 Å². The number of unbranched alkanes of at least 4 members (excludes halogenated alkanes) is 1. The fourth-order valence-electron chi connectivity index (χ4n) is 3.76. The first-order chi connectivity index (χ1) is 14.1. The standard InChI is InChI=1S/C27H36N2.2Li/c1-6-9-20-26(28-21(4)24-16-12-10-13-17-24)27(23(7-2)8-3)29-22(5)25-18-14-11-15-19-25;;/h7-8,10-19,21-23,26-27H,2-3,6,9,20H2,1,4-5H3;;/q-2;2*+1/t21-,22-,26+,27+;;/m0../s1. The summed E-state index contributed by atoms with van der Waals surface area (Å²) in [6.07, 6.45) is 7.27. The SMILES string of the molecule is C=CC(C=C)[C@@H]([N-][C@@H](C)c1ccccc1)[C@@H](CCCC)[N-][C@@H](C)c1ccccc1.[Li+].[Li+]. The molecule has 0 radical (unpaired) electrons. The van der Waals surface area contributed by atoms with Crippen LogP contribution in [0.2, 0.25) is 0 Å². The van der Waals surface area contributed by atoms with E-state index in [-0.39, 0.29) is 67.8 Å². The van der Waals surface area contributed by atoms with Crippen LogP contribution in [0.5, 0.6) is 0 Å². The molecule has 2 rings (SSSR count). The molecular weight excluding hydrogens is 366 g/mol. The van der Waals surface area contributed by atoms with E-state index in [1.165, 1.54) is 11.1 Å². The molecule has 31 heavy (non-hydrogen) atoms. The summed E-state index contributed by atoms with van der Waals surface area (Å²) in [5.74, 6) is 0.106. The number of benzene rings is 2. The van der Waals surface area contributed by atoms with E-state index in [0.29, 0.717) is 0 Å². The Labute approximate surface area is 214 Å². The van der Waals surface area contributed by atoms with Crippen molar-refractivity contribution < 1.29 is 37.7 Å². The van der Waals surface area contributed by atoms with Gasteiger partial charge >= 0.3 is 37.7 Å². The van der Waals surface area contributed by atoms with Gasteiger partial charge in [0, 0.05) is 0 Å². The minimum atomic E-state index is 0. The van der Waals surface area contributed by atoms with Crippen LogP contribution in [0.25, 0.3) is 10.6 Å². The van der Waals surface area contributed by atoms with Gasteiger partial charge in [-0.1, -0.05) is 124 Å². The summed E-state index contributed by atoms with van der Waals surface area (Å²) in [5, 5.41) is 10.5. The van der Waals surface area contributed by atoms with Crippen molar-refractivity contribution in [3.05, 3.63) is 108 Å². The summed E-state index contributed by atoms with van der Waals surface area (Å²) >= 11 is 0. The summed E-state index contributed by atoms with van der Waals surface area (Å²) < 4.78 is 0. The maximum atomic E-state index is 5.26. The molecule has 2 aromatic rings. The first-order valence-corrected chi connectivity index (χ1v) is 10.9. The van der Waals surface area contributed by atoms with Crippen molar-refractivity contribution in [1.82, 2.24) is 0 Å². The van der Waals surface area contributed by atoms with Crippen LogP contribution in [0.1, 0.15) is 63.2 Å². The maximum Gasteiger partial charge on any atom is 1.00 e. The number of nitrogens with zero attached hydrogens (tertiary/aromatic N) is 2. The molecule has 0 aromatic heterocycles. The Morgan fingerprint density at radius 2 is 1.23 bits per heavy atom. The summed E-state index contributed by atoms with van der Waals surface area (Å²) in [4.78, 5) is 0. The number of rotatable bonds is 13. The molecule has 4 atom stereocenters. The number of hydrogen-bond donors (Lipinski definition) is 0. The topological polar surface area (TPSA) is 28.2 Å². The largest absolute Gasteiger partial charge is 1.00 e. The second-order valence-electron chi connectivity index (χ2n) is 7.72. The molecule has 0 N–H and O–H groups in total. The second kappa shape index (κ2) is 16.6. The van der Waals surface area contributed by atoms with E-state index >= 15 is 0 Å². The van der Waals surface area contributed by atoms with Crippen molar-refractivity contribution in [3.8, 4) is 0 Å². The molecule has 2 nitrogen and oxygen atoms in total. The van der Waals surface area contributed by atoms with E-state index in [2.05, 4.69) is 88.5 Å². The average Bonchev–Trinajstić information content (AvgIpc) is 2.77. The van der Waals surface area contributed by atoms with Crippen molar-refractivity contribution in [3.63, 3.8) is 0 Å². The third kappa shape index (κ3) is 9.59. The zero-order valence-electron chi connectivity index (χ0n) is 20.2. The van der Waals surface area contributed by atoms with E-state index in [1.54, 1.807) is 0 Å². The van der Waals surface area contributed by atoms with Crippen LogP contribution in [0.15, 0.2) is 86.0 Å². The summed E-state index contributed by atoms with van der Waals surface area (Å²) in [7, 11) is 0. The first kappa shape index (κ1) is 30.0. The normalized spacial score (nSPS) is 14.5. The minimum absolute atomic E-state index is 0. The van der Waals surface area contributed by atoms with Gasteiger partial charge in [0.25, 0.3) is 0 Å². The quantitative estimate of drug-likeness (QED) is 0.363. The van der Waals surface area contributed by atoms with Crippen molar-refractivity contribution >= 4 is 0 Å². The van der Waals surface area contributed by atoms with E-state index in [0.717, 1.165) is 19.3 Å². The maximum absolute atomic E-state index is 5.26. The summed E-state index contributed by atoms with van der Waals surface area (Å²) in [6, 6.07) is 21.4. The van der Waals surface area contributed by atoms with Crippen molar-refractivity contribution in [1.29, 1.82) is 0 Å². The van der Waals surface area contributed by atoms with Gasteiger partial charge in [-0.2, -0.15) is 6.04 Å². The molecule has 4 heteroatoms. The zero-order valence-corrected chi connectivity index (χ0v) is 20.2. The molecule has 0 unspecified atom stereocenters. The van der Waals surface area contributed by atoms with Gasteiger partial charge in [0.05, 0.1) is 0 Å². The number of hydrogen-bond acceptors (Lipinski definition) is 0. The first-order valence-electron chi connectivity index (χ1n) is 10.9. The third-order valence-electron chi connectivity index (χ3n) is 5.56. The van der Waals surface area contributed by atoms with Crippen LogP contribution in [0.3, 0.4) is 0 Å². The van der Waals surface area contributed by atoms with E-state index in [9.17, 15) is 0 Å². The van der Waals surface area contributed by atoms with Crippen molar-refractivity contribution in [2.75, 3.05) is 0 Å². The Balaban J connectivity index is 0.00000450. The molecule has 0 aliphatic rings. The molecule has 0 aliphatic carbocycles. The predicted octanol–water partition coefficient (Wildman–Crippen LogP) is 2.18. The van der Waals surface area contributed by atoms with Crippen LogP contribution in [0.4, 0.5) is 0 Å².